The Morgan fingerprint density at radius 1 is 1.35 bits per heavy atom. The van der Waals surface area contributed by atoms with Crippen LogP contribution in [0.15, 0.2) is 30.6 Å². The lowest BCUT2D eigenvalue weighted by Gasteiger charge is -2.19. The minimum Gasteiger partial charge on any atom is -0.376 e. The zero-order chi connectivity index (χ0) is 17.9. The van der Waals surface area contributed by atoms with Gasteiger partial charge in [0.15, 0.2) is 5.13 Å². The summed E-state index contributed by atoms with van der Waals surface area (Å²) in [5.74, 6) is 0.662. The molecule has 136 valence electrons. The zero-order valence-corrected chi connectivity index (χ0v) is 16.0. The minimum atomic E-state index is 0.264. The Balaban J connectivity index is 1.43. The molecule has 0 aliphatic carbocycles. The fourth-order valence-corrected chi connectivity index (χ4v) is 4.22. The van der Waals surface area contributed by atoms with E-state index in [9.17, 15) is 0 Å². The average molecular weight is 390 g/mol. The van der Waals surface area contributed by atoms with Gasteiger partial charge in [-0.05, 0) is 37.5 Å². The van der Waals surface area contributed by atoms with Gasteiger partial charge in [-0.2, -0.15) is 0 Å². The third kappa shape index (κ3) is 4.06. The molecule has 0 saturated carbocycles. The highest BCUT2D eigenvalue weighted by molar-refractivity contribution is 7.22. The quantitative estimate of drug-likeness (QED) is 0.653. The van der Waals surface area contributed by atoms with E-state index in [-0.39, 0.29) is 12.1 Å². The highest BCUT2D eigenvalue weighted by Gasteiger charge is 2.23. The molecule has 1 aliphatic rings. The first-order valence-corrected chi connectivity index (χ1v) is 9.86. The molecule has 1 aliphatic heterocycles. The van der Waals surface area contributed by atoms with Crippen molar-refractivity contribution < 1.29 is 4.74 Å². The maximum atomic E-state index is 5.86. The number of thiazole rings is 1. The highest BCUT2D eigenvalue weighted by atomic mass is 35.5. The molecule has 0 radical (unpaired) electrons. The Kier molecular flexibility index (Phi) is 5.19. The van der Waals surface area contributed by atoms with Crippen LogP contribution in [-0.4, -0.2) is 33.7 Å². The van der Waals surface area contributed by atoms with Crippen molar-refractivity contribution in [3.8, 4) is 0 Å². The van der Waals surface area contributed by atoms with Gasteiger partial charge in [-0.15, -0.1) is 0 Å². The summed E-state index contributed by atoms with van der Waals surface area (Å²) < 4.78 is 6.90. The number of nitrogens with zero attached hydrogens (tertiary/aromatic N) is 3. The molecule has 3 aromatic rings. The Bertz CT molecular complexity index is 896. The number of benzene rings is 1. The summed E-state index contributed by atoms with van der Waals surface area (Å²) in [6, 6.07) is 6.54. The number of ether oxygens (including phenoxy) is 1. The summed E-state index contributed by atoms with van der Waals surface area (Å²) >= 11 is 7.53. The van der Waals surface area contributed by atoms with Crippen molar-refractivity contribution in [3.05, 3.63) is 41.3 Å². The van der Waals surface area contributed by atoms with E-state index in [0.29, 0.717) is 17.5 Å². The van der Waals surface area contributed by atoms with Gasteiger partial charge < -0.3 is 15.4 Å². The van der Waals surface area contributed by atoms with Crippen molar-refractivity contribution in [1.82, 2.24) is 15.0 Å². The number of hydrogen-bond donors (Lipinski definition) is 2. The Morgan fingerprint density at radius 2 is 2.27 bits per heavy atom. The van der Waals surface area contributed by atoms with Crippen molar-refractivity contribution in [1.29, 1.82) is 0 Å². The Hall–Kier alpha value is -1.96. The first-order valence-electron chi connectivity index (χ1n) is 8.66. The van der Waals surface area contributed by atoms with E-state index < -0.39 is 0 Å². The van der Waals surface area contributed by atoms with Crippen molar-refractivity contribution in [2.45, 2.75) is 38.5 Å². The third-order valence-corrected chi connectivity index (χ3v) is 5.54. The van der Waals surface area contributed by atoms with Gasteiger partial charge >= 0.3 is 0 Å². The fraction of sp³-hybridized carbons (Fsp3) is 0.389. The van der Waals surface area contributed by atoms with Crippen LogP contribution < -0.4 is 10.6 Å². The van der Waals surface area contributed by atoms with Gasteiger partial charge in [0, 0.05) is 13.2 Å². The second-order valence-electron chi connectivity index (χ2n) is 6.39. The van der Waals surface area contributed by atoms with Crippen LogP contribution in [-0.2, 0) is 11.3 Å². The van der Waals surface area contributed by atoms with Crippen LogP contribution in [0.1, 0.15) is 25.3 Å². The molecule has 6 nitrogen and oxygen atoms in total. The molecule has 0 amide bonds. The first kappa shape index (κ1) is 17.5. The molecule has 1 saturated heterocycles. The number of hydrogen-bond acceptors (Lipinski definition) is 7. The van der Waals surface area contributed by atoms with Crippen LogP contribution >= 0.6 is 22.9 Å². The SMILES string of the molecule is CC(Nc1nc2ccc(CNc3cncc(Cl)n3)cc2s1)C1CCCO1. The molecule has 4 rings (SSSR count). The lowest BCUT2D eigenvalue weighted by atomic mass is 10.1. The molecule has 1 fully saturated rings. The second kappa shape index (κ2) is 7.73. The van der Waals surface area contributed by atoms with Crippen LogP contribution in [0, 0.1) is 0 Å². The monoisotopic (exact) mass is 389 g/mol. The van der Waals surface area contributed by atoms with Crippen molar-refractivity contribution in [2.75, 3.05) is 17.2 Å². The van der Waals surface area contributed by atoms with E-state index in [1.165, 1.54) is 6.20 Å². The normalized spacial score (nSPS) is 18.2. The van der Waals surface area contributed by atoms with Gasteiger partial charge in [0.2, 0.25) is 0 Å². The first-order chi connectivity index (χ1) is 12.7. The van der Waals surface area contributed by atoms with Crippen LogP contribution in [0.2, 0.25) is 5.15 Å². The predicted molar refractivity (Wildman–Crippen MR) is 106 cm³/mol. The largest absolute Gasteiger partial charge is 0.376 e. The molecule has 2 atom stereocenters. The van der Waals surface area contributed by atoms with Crippen molar-refractivity contribution >= 4 is 44.1 Å². The van der Waals surface area contributed by atoms with E-state index in [0.717, 1.165) is 40.4 Å². The summed E-state index contributed by atoms with van der Waals surface area (Å²) in [5.41, 5.74) is 2.16. The van der Waals surface area contributed by atoms with Crippen LogP contribution in [0.4, 0.5) is 10.9 Å². The molecule has 8 heteroatoms. The molecular formula is C18H20ClN5OS. The highest BCUT2D eigenvalue weighted by Crippen LogP contribution is 2.29. The molecule has 2 aromatic heterocycles. The van der Waals surface area contributed by atoms with E-state index >= 15 is 0 Å². The van der Waals surface area contributed by atoms with Gasteiger partial charge in [-0.3, -0.25) is 4.98 Å². The second-order valence-corrected chi connectivity index (χ2v) is 7.80. The van der Waals surface area contributed by atoms with E-state index in [1.54, 1.807) is 17.5 Å². The van der Waals surface area contributed by atoms with Crippen LogP contribution in [0.3, 0.4) is 0 Å². The van der Waals surface area contributed by atoms with E-state index in [2.05, 4.69) is 50.7 Å². The van der Waals surface area contributed by atoms with Crippen molar-refractivity contribution in [3.63, 3.8) is 0 Å². The molecular weight excluding hydrogens is 370 g/mol. The summed E-state index contributed by atoms with van der Waals surface area (Å²) in [7, 11) is 0. The van der Waals surface area contributed by atoms with Crippen molar-refractivity contribution in [2.24, 2.45) is 0 Å². The molecule has 0 bridgehead atoms. The van der Waals surface area contributed by atoms with E-state index in [1.807, 2.05) is 0 Å². The fourth-order valence-electron chi connectivity index (χ4n) is 3.05. The molecule has 26 heavy (non-hydrogen) atoms. The minimum absolute atomic E-state index is 0.264. The molecule has 0 spiro atoms. The number of rotatable bonds is 6. The number of nitrogens with one attached hydrogen (secondary N) is 2. The number of aromatic nitrogens is 3. The maximum absolute atomic E-state index is 5.86. The molecule has 3 heterocycles. The van der Waals surface area contributed by atoms with Crippen LogP contribution in [0.5, 0.6) is 0 Å². The topological polar surface area (TPSA) is 72.0 Å². The summed E-state index contributed by atoms with van der Waals surface area (Å²) in [6.45, 7) is 3.67. The smallest absolute Gasteiger partial charge is 0.184 e. The number of anilines is 2. The lowest BCUT2D eigenvalue weighted by molar-refractivity contribution is 0.0996. The van der Waals surface area contributed by atoms with Gasteiger partial charge in [0.05, 0.1) is 34.8 Å². The van der Waals surface area contributed by atoms with Gasteiger partial charge in [0.25, 0.3) is 0 Å². The molecule has 2 N–H and O–H groups in total. The summed E-state index contributed by atoms with van der Waals surface area (Å²) in [4.78, 5) is 12.9. The predicted octanol–water partition coefficient (Wildman–Crippen LogP) is 4.33. The summed E-state index contributed by atoms with van der Waals surface area (Å²) in [6.07, 6.45) is 5.71. The average Bonchev–Trinajstić information content (AvgIpc) is 3.29. The third-order valence-electron chi connectivity index (χ3n) is 4.41. The maximum Gasteiger partial charge on any atom is 0.184 e. The van der Waals surface area contributed by atoms with E-state index in [4.69, 9.17) is 16.3 Å². The van der Waals surface area contributed by atoms with Gasteiger partial charge in [0.1, 0.15) is 11.0 Å². The lowest BCUT2D eigenvalue weighted by Crippen LogP contribution is -2.29. The standard InChI is InChI=1S/C18H20ClN5OS/c1-11(14-3-2-6-25-14)22-18-23-13-5-4-12(7-15(13)26-18)8-21-17-10-20-9-16(19)24-17/h4-5,7,9-11,14H,2-3,6,8H2,1H3,(H,21,24)(H,22,23). The number of fused-ring (bicyclic) bond motifs is 1. The molecule has 1 aromatic carbocycles. The Morgan fingerprint density at radius 3 is 3.08 bits per heavy atom. The Labute approximate surface area is 161 Å². The zero-order valence-electron chi connectivity index (χ0n) is 14.4. The molecule has 2 unspecified atom stereocenters. The van der Waals surface area contributed by atoms with Gasteiger partial charge in [-0.25, -0.2) is 9.97 Å². The number of halogens is 1. The van der Waals surface area contributed by atoms with Crippen LogP contribution in [0.25, 0.3) is 10.2 Å². The summed E-state index contributed by atoms with van der Waals surface area (Å²) in [5, 5.41) is 8.04. The van der Waals surface area contributed by atoms with Gasteiger partial charge in [-0.1, -0.05) is 29.0 Å².